The third-order valence-electron chi connectivity index (χ3n) is 5.27. The maximum Gasteiger partial charge on any atom is 0.253 e. The maximum absolute atomic E-state index is 12.7. The van der Waals surface area contributed by atoms with E-state index in [0.29, 0.717) is 45.0 Å². The van der Waals surface area contributed by atoms with Crippen LogP contribution >= 0.6 is 12.4 Å². The topological polar surface area (TPSA) is 85.1 Å². The molecule has 150 valence electrons. The van der Waals surface area contributed by atoms with Crippen LogP contribution in [0.25, 0.3) is 0 Å². The van der Waals surface area contributed by atoms with Crippen LogP contribution in [0.1, 0.15) is 23.2 Å². The van der Waals surface area contributed by atoms with Gasteiger partial charge < -0.3 is 25.0 Å². The van der Waals surface area contributed by atoms with Gasteiger partial charge in [-0.05, 0) is 43.0 Å². The zero-order valence-corrected chi connectivity index (χ0v) is 16.5. The van der Waals surface area contributed by atoms with E-state index in [0.717, 1.165) is 18.6 Å². The molecule has 2 heterocycles. The molecule has 1 unspecified atom stereocenters. The minimum absolute atomic E-state index is 0. The SMILES string of the molecule is COc1ccc(C(=O)N2CCN(C(=O)C(N)C3CCOCC3)CC2)cc1.Cl. The number of ether oxygens (including phenoxy) is 2. The molecule has 1 aromatic carbocycles. The normalized spacial score (nSPS) is 19.2. The Morgan fingerprint density at radius 2 is 1.63 bits per heavy atom. The molecule has 0 saturated carbocycles. The number of carbonyl (C=O) groups is 2. The zero-order chi connectivity index (χ0) is 18.5. The fraction of sp³-hybridized carbons (Fsp3) is 0.579. The number of nitrogens with zero attached hydrogens (tertiary/aromatic N) is 2. The highest BCUT2D eigenvalue weighted by Gasteiger charge is 2.32. The number of hydrogen-bond acceptors (Lipinski definition) is 5. The Labute approximate surface area is 166 Å². The van der Waals surface area contributed by atoms with E-state index in [1.807, 2.05) is 0 Å². The molecule has 0 bridgehead atoms. The number of rotatable bonds is 4. The van der Waals surface area contributed by atoms with E-state index >= 15 is 0 Å². The molecule has 0 spiro atoms. The first-order valence-electron chi connectivity index (χ1n) is 9.15. The lowest BCUT2D eigenvalue weighted by molar-refractivity contribution is -0.136. The van der Waals surface area contributed by atoms with Crippen molar-refractivity contribution >= 4 is 24.2 Å². The van der Waals surface area contributed by atoms with Gasteiger partial charge in [-0.25, -0.2) is 0 Å². The van der Waals surface area contributed by atoms with Crippen LogP contribution < -0.4 is 10.5 Å². The predicted molar refractivity (Wildman–Crippen MR) is 104 cm³/mol. The molecule has 0 aliphatic carbocycles. The molecule has 2 amide bonds. The molecule has 1 atom stereocenters. The van der Waals surface area contributed by atoms with E-state index in [4.69, 9.17) is 15.2 Å². The van der Waals surface area contributed by atoms with Gasteiger partial charge in [0.15, 0.2) is 0 Å². The average molecular weight is 398 g/mol. The van der Waals surface area contributed by atoms with Crippen LogP contribution in [0, 0.1) is 5.92 Å². The third kappa shape index (κ3) is 5.12. The van der Waals surface area contributed by atoms with Gasteiger partial charge in [-0.3, -0.25) is 9.59 Å². The number of benzene rings is 1. The Morgan fingerprint density at radius 3 is 2.19 bits per heavy atom. The van der Waals surface area contributed by atoms with Gasteiger partial charge in [-0.1, -0.05) is 0 Å². The van der Waals surface area contributed by atoms with Crippen LogP contribution in [0.4, 0.5) is 0 Å². The Hall–Kier alpha value is -1.83. The van der Waals surface area contributed by atoms with E-state index < -0.39 is 6.04 Å². The van der Waals surface area contributed by atoms with Gasteiger partial charge in [0.2, 0.25) is 5.91 Å². The fourth-order valence-electron chi connectivity index (χ4n) is 3.53. The Bertz CT molecular complexity index is 626. The predicted octanol–water partition coefficient (Wildman–Crippen LogP) is 1.16. The summed E-state index contributed by atoms with van der Waals surface area (Å²) in [6, 6.07) is 6.61. The summed E-state index contributed by atoms with van der Waals surface area (Å²) in [6.45, 7) is 3.45. The number of carbonyl (C=O) groups excluding carboxylic acids is 2. The molecule has 1 aromatic rings. The number of amides is 2. The summed E-state index contributed by atoms with van der Waals surface area (Å²) in [5, 5.41) is 0. The molecule has 2 fully saturated rings. The number of piperazine rings is 1. The second kappa shape index (κ2) is 9.92. The van der Waals surface area contributed by atoms with Crippen molar-refractivity contribution in [1.82, 2.24) is 9.80 Å². The smallest absolute Gasteiger partial charge is 0.253 e. The molecule has 2 aliphatic rings. The van der Waals surface area contributed by atoms with Gasteiger partial charge in [0, 0.05) is 45.0 Å². The monoisotopic (exact) mass is 397 g/mol. The van der Waals surface area contributed by atoms with Crippen molar-refractivity contribution < 1.29 is 19.1 Å². The molecule has 2 aliphatic heterocycles. The molecule has 27 heavy (non-hydrogen) atoms. The first-order valence-corrected chi connectivity index (χ1v) is 9.15. The molecular formula is C19H28ClN3O4. The lowest BCUT2D eigenvalue weighted by Gasteiger charge is -2.37. The van der Waals surface area contributed by atoms with Gasteiger partial charge in [0.1, 0.15) is 5.75 Å². The Kier molecular flexibility index (Phi) is 7.89. The first kappa shape index (κ1) is 21.5. The van der Waals surface area contributed by atoms with Crippen molar-refractivity contribution in [2.24, 2.45) is 11.7 Å². The second-order valence-electron chi connectivity index (χ2n) is 6.82. The summed E-state index contributed by atoms with van der Waals surface area (Å²) >= 11 is 0. The summed E-state index contributed by atoms with van der Waals surface area (Å²) in [5.74, 6) is 0.885. The Morgan fingerprint density at radius 1 is 1.07 bits per heavy atom. The zero-order valence-electron chi connectivity index (χ0n) is 15.6. The maximum atomic E-state index is 12.7. The van der Waals surface area contributed by atoms with E-state index in [1.54, 1.807) is 41.2 Å². The first-order chi connectivity index (χ1) is 12.6. The fourth-order valence-corrected chi connectivity index (χ4v) is 3.53. The molecular weight excluding hydrogens is 370 g/mol. The Balaban J connectivity index is 0.00000261. The minimum atomic E-state index is -0.470. The van der Waals surface area contributed by atoms with Gasteiger partial charge in [-0.15, -0.1) is 12.4 Å². The molecule has 8 heteroatoms. The summed E-state index contributed by atoms with van der Waals surface area (Å²) in [7, 11) is 1.60. The van der Waals surface area contributed by atoms with E-state index in [1.165, 1.54) is 0 Å². The van der Waals surface area contributed by atoms with Crippen molar-refractivity contribution in [1.29, 1.82) is 0 Å². The van der Waals surface area contributed by atoms with Gasteiger partial charge in [-0.2, -0.15) is 0 Å². The molecule has 0 radical (unpaired) electrons. The summed E-state index contributed by atoms with van der Waals surface area (Å²) < 4.78 is 10.5. The summed E-state index contributed by atoms with van der Waals surface area (Å²) in [6.07, 6.45) is 1.67. The average Bonchev–Trinajstić information content (AvgIpc) is 2.73. The van der Waals surface area contributed by atoms with E-state index in [-0.39, 0.29) is 30.1 Å². The number of hydrogen-bond donors (Lipinski definition) is 1. The minimum Gasteiger partial charge on any atom is -0.497 e. The molecule has 0 aromatic heterocycles. The van der Waals surface area contributed by atoms with Crippen LogP contribution in [0.15, 0.2) is 24.3 Å². The van der Waals surface area contributed by atoms with Gasteiger partial charge in [0.05, 0.1) is 13.2 Å². The highest BCUT2D eigenvalue weighted by molar-refractivity contribution is 5.94. The van der Waals surface area contributed by atoms with E-state index in [9.17, 15) is 9.59 Å². The van der Waals surface area contributed by atoms with Crippen molar-refractivity contribution in [3.05, 3.63) is 29.8 Å². The van der Waals surface area contributed by atoms with Crippen LogP contribution in [0.5, 0.6) is 5.75 Å². The van der Waals surface area contributed by atoms with Crippen molar-refractivity contribution in [3.63, 3.8) is 0 Å². The molecule has 7 nitrogen and oxygen atoms in total. The van der Waals surface area contributed by atoms with Crippen molar-refractivity contribution in [2.75, 3.05) is 46.5 Å². The number of methoxy groups -OCH3 is 1. The van der Waals surface area contributed by atoms with Crippen LogP contribution in [0.2, 0.25) is 0 Å². The lowest BCUT2D eigenvalue weighted by atomic mass is 9.91. The van der Waals surface area contributed by atoms with Crippen LogP contribution in [-0.2, 0) is 9.53 Å². The van der Waals surface area contributed by atoms with E-state index in [2.05, 4.69) is 0 Å². The quantitative estimate of drug-likeness (QED) is 0.823. The summed E-state index contributed by atoms with van der Waals surface area (Å²) in [4.78, 5) is 28.8. The second-order valence-corrected chi connectivity index (χ2v) is 6.82. The molecule has 2 saturated heterocycles. The van der Waals surface area contributed by atoms with Crippen LogP contribution in [0.3, 0.4) is 0 Å². The number of halogens is 1. The highest BCUT2D eigenvalue weighted by atomic mass is 35.5. The number of nitrogens with two attached hydrogens (primary N) is 1. The van der Waals surface area contributed by atoms with Crippen molar-refractivity contribution in [2.45, 2.75) is 18.9 Å². The molecule has 2 N–H and O–H groups in total. The lowest BCUT2D eigenvalue weighted by Crippen LogP contribution is -2.56. The van der Waals surface area contributed by atoms with Gasteiger partial charge in [0.25, 0.3) is 5.91 Å². The third-order valence-corrected chi connectivity index (χ3v) is 5.27. The highest BCUT2D eigenvalue weighted by Crippen LogP contribution is 2.20. The van der Waals surface area contributed by atoms with Crippen molar-refractivity contribution in [3.8, 4) is 5.75 Å². The van der Waals surface area contributed by atoms with Gasteiger partial charge >= 0.3 is 0 Å². The summed E-state index contributed by atoms with van der Waals surface area (Å²) in [5.41, 5.74) is 6.83. The largest absolute Gasteiger partial charge is 0.497 e. The standard InChI is InChI=1S/C19H27N3O4.ClH/c1-25-16-4-2-15(3-5-16)18(23)21-8-10-22(11-9-21)19(24)17(20)14-6-12-26-13-7-14;/h2-5,14,17H,6-13,20H2,1H3;1H. The molecule has 3 rings (SSSR count). The van der Waals surface area contributed by atoms with Crippen LogP contribution in [-0.4, -0.2) is 74.2 Å².